The molecule has 18 nitrogen and oxygen atoms in total. The zero-order valence-electron chi connectivity index (χ0n) is 38.9. The van der Waals surface area contributed by atoms with Gasteiger partial charge in [0.05, 0.1) is 57.2 Å². The molecule has 0 unspecified atom stereocenters. The average Bonchev–Trinajstić information content (AvgIpc) is 4.18. The van der Waals surface area contributed by atoms with Gasteiger partial charge in [-0.2, -0.15) is 0 Å². The highest BCUT2D eigenvalue weighted by atomic mass is 16.2. The number of aromatic nitrogens is 8. The van der Waals surface area contributed by atoms with Gasteiger partial charge in [-0.15, -0.1) is 0 Å². The van der Waals surface area contributed by atoms with Crippen LogP contribution in [-0.2, 0) is 22.7 Å². The molecule has 3 saturated heterocycles. The minimum Gasteiger partial charge on any atom is -0.369 e. The molecule has 11 rings (SSSR count). The first-order valence-electron chi connectivity index (χ1n) is 24.0. The minimum absolute atomic E-state index is 0.00482. The summed E-state index contributed by atoms with van der Waals surface area (Å²) in [4.78, 5) is 73.0. The maximum absolute atomic E-state index is 12.9. The second-order valence-electron chi connectivity index (χ2n) is 18.7. The van der Waals surface area contributed by atoms with Crippen LogP contribution in [0.25, 0.3) is 66.9 Å². The van der Waals surface area contributed by atoms with Crippen LogP contribution in [0.4, 0.5) is 11.4 Å². The van der Waals surface area contributed by atoms with Crippen molar-refractivity contribution in [2.24, 2.45) is 0 Å². The molecule has 3 aliphatic heterocycles. The van der Waals surface area contributed by atoms with Crippen molar-refractivity contribution >= 4 is 67.3 Å². The average molecular weight is 917 g/mol. The Bertz CT molecular complexity index is 2860. The summed E-state index contributed by atoms with van der Waals surface area (Å²) in [5, 5.41) is 6.09. The van der Waals surface area contributed by atoms with Gasteiger partial charge >= 0.3 is 0 Å². The van der Waals surface area contributed by atoms with Gasteiger partial charge in [0.15, 0.2) is 0 Å². The van der Waals surface area contributed by atoms with Crippen LogP contribution in [0.2, 0.25) is 0 Å². The van der Waals surface area contributed by atoms with Crippen molar-refractivity contribution in [3.63, 3.8) is 0 Å². The molecule has 18 heteroatoms. The molecule has 0 atom stereocenters. The molecule has 2 amide bonds. The molecule has 0 saturated carbocycles. The normalized spacial score (nSPS) is 17.0. The molecule has 0 bridgehead atoms. The number of likely N-dealkylation sites (N-methyl/N-ethyl adjacent to an activating group) is 2. The third-order valence-corrected chi connectivity index (χ3v) is 14.0. The van der Waals surface area contributed by atoms with Crippen molar-refractivity contribution in [3.8, 4) is 22.8 Å². The van der Waals surface area contributed by atoms with E-state index in [1.807, 2.05) is 24.3 Å². The number of nitrogens with zero attached hydrogens (tertiary/aromatic N) is 10. The number of nitrogens with one attached hydrogen (secondary N) is 6. The fraction of sp³-hybridized carbons (Fsp3) is 0.400. The molecule has 8 aromatic rings. The van der Waals surface area contributed by atoms with E-state index in [1.54, 1.807) is 0 Å². The number of hydrogen-bond donors (Lipinski definition) is 6. The number of aromatic amines is 4. The maximum Gasteiger partial charge on any atom is 0.221 e. The fourth-order valence-electron chi connectivity index (χ4n) is 9.68. The van der Waals surface area contributed by atoms with E-state index < -0.39 is 0 Å². The van der Waals surface area contributed by atoms with Crippen LogP contribution in [0.3, 0.4) is 0 Å². The predicted molar refractivity (Wildman–Crippen MR) is 268 cm³/mol. The van der Waals surface area contributed by atoms with Crippen molar-refractivity contribution in [1.29, 1.82) is 0 Å². The molecule has 4 aromatic heterocycles. The molecule has 352 valence electrons. The van der Waals surface area contributed by atoms with Crippen molar-refractivity contribution < 1.29 is 9.59 Å². The number of carbonyl (C=O) groups is 2. The quantitative estimate of drug-likeness (QED) is 0.0906. The number of rotatable bonds is 14. The smallest absolute Gasteiger partial charge is 0.221 e. The number of imidazole rings is 4. The number of anilines is 2. The monoisotopic (exact) mass is 917 g/mol. The summed E-state index contributed by atoms with van der Waals surface area (Å²) in [5.41, 5.74) is 11.8. The summed E-state index contributed by atoms with van der Waals surface area (Å²) in [7, 11) is 4.34. The molecular weight excluding hydrogens is 857 g/mol. The van der Waals surface area contributed by atoms with Crippen LogP contribution < -0.4 is 20.4 Å². The van der Waals surface area contributed by atoms with Crippen molar-refractivity contribution in [3.05, 3.63) is 84.4 Å². The van der Waals surface area contributed by atoms with Crippen molar-refractivity contribution in [2.45, 2.75) is 25.9 Å². The first kappa shape index (κ1) is 43.7. The molecule has 68 heavy (non-hydrogen) atoms. The highest BCUT2D eigenvalue weighted by Crippen LogP contribution is 2.29. The summed E-state index contributed by atoms with van der Waals surface area (Å²) in [5.74, 6) is 3.05. The Morgan fingerprint density at radius 1 is 0.471 bits per heavy atom. The van der Waals surface area contributed by atoms with Gasteiger partial charge in [-0.05, 0) is 86.9 Å². The molecule has 7 heterocycles. The van der Waals surface area contributed by atoms with E-state index in [9.17, 15) is 9.59 Å². The fourth-order valence-corrected chi connectivity index (χ4v) is 9.68. The first-order chi connectivity index (χ1) is 33.2. The number of carbonyl (C=O) groups excluding carboxylic acids is 2. The van der Waals surface area contributed by atoms with Gasteiger partial charge in [0.2, 0.25) is 11.8 Å². The van der Waals surface area contributed by atoms with Gasteiger partial charge in [-0.1, -0.05) is 0 Å². The van der Waals surface area contributed by atoms with Crippen LogP contribution in [0.1, 0.15) is 24.5 Å². The van der Waals surface area contributed by atoms with Gasteiger partial charge < -0.3 is 60.0 Å². The van der Waals surface area contributed by atoms with Gasteiger partial charge in [0.25, 0.3) is 0 Å². The van der Waals surface area contributed by atoms with Gasteiger partial charge in [-0.25, -0.2) is 19.9 Å². The molecule has 0 aliphatic carbocycles. The summed E-state index contributed by atoms with van der Waals surface area (Å²) in [6.07, 6.45) is 0.826. The lowest BCUT2D eigenvalue weighted by atomic mass is 10.2. The summed E-state index contributed by atoms with van der Waals surface area (Å²) in [6.45, 7) is 13.8. The zero-order chi connectivity index (χ0) is 46.1. The lowest BCUT2D eigenvalue weighted by Gasteiger charge is -2.34. The van der Waals surface area contributed by atoms with E-state index in [1.165, 1.54) is 11.4 Å². The molecule has 0 radical (unpaired) electrons. The van der Waals surface area contributed by atoms with E-state index in [2.05, 4.69) is 123 Å². The summed E-state index contributed by atoms with van der Waals surface area (Å²) < 4.78 is 0. The number of H-pyrrole nitrogens is 4. The number of amides is 2. The highest BCUT2D eigenvalue weighted by molar-refractivity contribution is 5.87. The van der Waals surface area contributed by atoms with Crippen LogP contribution in [0.5, 0.6) is 0 Å². The van der Waals surface area contributed by atoms with Crippen molar-refractivity contribution in [2.75, 3.05) is 116 Å². The standard InChI is InChI=1S/C50H60N16O2/c1-61-15-23-65(24-16-61)35-5-9-39-43(29-35)59-49(57-39)33-3-7-37-41(27-33)55-45(53-37)31-51-47(67)11-13-63-19-21-64(22-20-63)14-12-48(68)52-32-46-54-38-8-4-34(28-42(38)56-46)50-58-40-10-6-36(30-44(40)60-50)66-25-17-62(2)18-26-66/h3-10,27-30H,11-26,31-32H2,1-2H3,(H,51,67)(H,52,68)(H,53,55)(H,54,56)(H,57,59)(H,58,60). The highest BCUT2D eigenvalue weighted by Gasteiger charge is 2.21. The van der Waals surface area contributed by atoms with E-state index >= 15 is 0 Å². The Hall–Kier alpha value is -6.86. The molecule has 6 N–H and O–H groups in total. The van der Waals surface area contributed by atoms with E-state index in [4.69, 9.17) is 19.9 Å². The molecule has 3 aliphatic rings. The van der Waals surface area contributed by atoms with Crippen LogP contribution in [0, 0.1) is 0 Å². The summed E-state index contributed by atoms with van der Waals surface area (Å²) in [6, 6.07) is 25.1. The van der Waals surface area contributed by atoms with Gasteiger partial charge in [0.1, 0.15) is 23.3 Å². The largest absolute Gasteiger partial charge is 0.369 e. The number of fused-ring (bicyclic) bond motifs is 4. The Kier molecular flexibility index (Phi) is 12.2. The first-order valence-corrected chi connectivity index (χ1v) is 24.0. The molecular formula is C50H60N16O2. The Morgan fingerprint density at radius 2 is 0.853 bits per heavy atom. The number of benzene rings is 4. The Balaban J connectivity index is 0.593. The topological polar surface area (TPSA) is 192 Å². The zero-order valence-corrected chi connectivity index (χ0v) is 38.9. The predicted octanol–water partition coefficient (Wildman–Crippen LogP) is 4.36. The Labute approximate surface area is 394 Å². The Morgan fingerprint density at radius 3 is 1.28 bits per heavy atom. The number of piperazine rings is 3. The van der Waals surface area contributed by atoms with E-state index in [0.717, 1.165) is 145 Å². The van der Waals surface area contributed by atoms with Crippen molar-refractivity contribution in [1.82, 2.24) is 70.1 Å². The van der Waals surface area contributed by atoms with E-state index in [-0.39, 0.29) is 11.8 Å². The molecule has 3 fully saturated rings. The van der Waals surface area contributed by atoms with Gasteiger partial charge in [0, 0.05) is 127 Å². The third kappa shape index (κ3) is 9.76. The second kappa shape index (κ2) is 19.0. The van der Waals surface area contributed by atoms with Crippen LogP contribution >= 0.6 is 0 Å². The lowest BCUT2D eigenvalue weighted by molar-refractivity contribution is -0.122. The molecule has 0 spiro atoms. The van der Waals surface area contributed by atoms with Gasteiger partial charge in [-0.3, -0.25) is 9.59 Å². The van der Waals surface area contributed by atoms with E-state index in [0.29, 0.717) is 50.7 Å². The van der Waals surface area contributed by atoms with Crippen LogP contribution in [-0.4, -0.2) is 177 Å². The third-order valence-electron chi connectivity index (χ3n) is 14.0. The maximum atomic E-state index is 12.9. The minimum atomic E-state index is -0.00482. The number of hydrogen-bond acceptors (Lipinski definition) is 12. The SMILES string of the molecule is CN1CCN(c2ccc3nc(-c4ccc5nc(CNC(=O)CCN6CCN(CCC(=O)NCc7nc8ccc(-c9nc%10ccc(N%11CCN(C)CC%11)cc%10[nH]9)cc8[nH]7)CC6)[nH]c5c4)[nH]c3c2)CC1. The second-order valence-corrected chi connectivity index (χ2v) is 18.7. The van der Waals surface area contributed by atoms with Crippen LogP contribution in [0.15, 0.2) is 72.8 Å². The summed E-state index contributed by atoms with van der Waals surface area (Å²) >= 11 is 0. The molecule has 4 aromatic carbocycles. The lowest BCUT2D eigenvalue weighted by Crippen LogP contribution is -2.47.